The molecule has 0 radical (unpaired) electrons. The number of carbonyl (C=O) groups is 1. The number of halogens is 1. The van der Waals surface area contributed by atoms with Crippen LogP contribution in [-0.2, 0) is 11.2 Å². The van der Waals surface area contributed by atoms with E-state index in [1.54, 1.807) is 42.4 Å². The van der Waals surface area contributed by atoms with E-state index in [4.69, 9.17) is 4.74 Å². The minimum absolute atomic E-state index is 0.111. The third-order valence-electron chi connectivity index (χ3n) is 4.41. The lowest BCUT2D eigenvalue weighted by molar-refractivity contribution is -0.124. The molecule has 0 fully saturated rings. The van der Waals surface area contributed by atoms with Crippen LogP contribution in [0.25, 0.3) is 6.08 Å². The molecular formula is C24H23FN2O2. The van der Waals surface area contributed by atoms with Crippen LogP contribution >= 0.6 is 0 Å². The number of likely N-dealkylation sites (N-methyl/N-ethyl adjacent to an activating group) is 1. The topological polar surface area (TPSA) is 42.4 Å². The zero-order chi connectivity index (χ0) is 20.5. The van der Waals surface area contributed by atoms with E-state index in [1.807, 2.05) is 18.2 Å². The molecule has 1 heterocycles. The summed E-state index contributed by atoms with van der Waals surface area (Å²) in [4.78, 5) is 17.9. The average Bonchev–Trinajstić information content (AvgIpc) is 2.75. The number of benzene rings is 2. The molecule has 0 atom stereocenters. The number of amides is 1. The van der Waals surface area contributed by atoms with Crippen molar-refractivity contribution in [2.45, 2.75) is 12.8 Å². The monoisotopic (exact) mass is 390 g/mol. The number of aromatic nitrogens is 1. The minimum Gasteiger partial charge on any atom is -0.453 e. The summed E-state index contributed by atoms with van der Waals surface area (Å²) < 4.78 is 19.7. The van der Waals surface area contributed by atoms with Crippen LogP contribution in [0.1, 0.15) is 17.5 Å². The Morgan fingerprint density at radius 2 is 1.97 bits per heavy atom. The van der Waals surface area contributed by atoms with Crippen molar-refractivity contribution in [2.24, 2.45) is 0 Å². The molecule has 1 amide bonds. The quantitative estimate of drug-likeness (QED) is 0.502. The second-order valence-electron chi connectivity index (χ2n) is 6.66. The van der Waals surface area contributed by atoms with Gasteiger partial charge in [-0.05, 0) is 54.3 Å². The van der Waals surface area contributed by atoms with Gasteiger partial charge in [-0.3, -0.25) is 9.78 Å². The highest BCUT2D eigenvalue weighted by molar-refractivity contribution is 5.91. The number of carbonyl (C=O) groups excluding carboxylic acids is 1. The second-order valence-corrected chi connectivity index (χ2v) is 6.66. The second kappa shape index (κ2) is 10.2. The van der Waals surface area contributed by atoms with E-state index in [2.05, 4.69) is 17.1 Å². The summed E-state index contributed by atoms with van der Waals surface area (Å²) in [6.45, 7) is 0.657. The Bertz CT molecular complexity index is 959. The summed E-state index contributed by atoms with van der Waals surface area (Å²) in [6.07, 6.45) is 8.00. The minimum atomic E-state index is -0.500. The summed E-state index contributed by atoms with van der Waals surface area (Å²) >= 11 is 0. The molecule has 0 unspecified atom stereocenters. The fourth-order valence-corrected chi connectivity index (χ4v) is 2.81. The molecule has 1 aromatic heterocycles. The first kappa shape index (κ1) is 20.3. The van der Waals surface area contributed by atoms with E-state index in [-0.39, 0.29) is 11.7 Å². The van der Waals surface area contributed by atoms with Crippen LogP contribution < -0.4 is 4.74 Å². The first-order valence-electron chi connectivity index (χ1n) is 9.46. The van der Waals surface area contributed by atoms with E-state index in [9.17, 15) is 9.18 Å². The Morgan fingerprint density at radius 1 is 1.14 bits per heavy atom. The lowest BCUT2D eigenvalue weighted by Crippen LogP contribution is -2.26. The van der Waals surface area contributed by atoms with Crippen molar-refractivity contribution in [1.29, 1.82) is 0 Å². The molecule has 0 saturated carbocycles. The van der Waals surface area contributed by atoms with Gasteiger partial charge in [0.25, 0.3) is 0 Å². The van der Waals surface area contributed by atoms with Crippen molar-refractivity contribution in [3.63, 3.8) is 0 Å². The number of hydrogen-bond donors (Lipinski definition) is 0. The van der Waals surface area contributed by atoms with Crippen LogP contribution in [0.15, 0.2) is 79.1 Å². The summed E-state index contributed by atoms with van der Waals surface area (Å²) in [5.41, 5.74) is 1.85. The molecule has 0 spiro atoms. The van der Waals surface area contributed by atoms with Crippen molar-refractivity contribution in [2.75, 3.05) is 13.6 Å². The first-order chi connectivity index (χ1) is 14.1. The van der Waals surface area contributed by atoms with E-state index in [0.717, 1.165) is 12.8 Å². The predicted octanol–water partition coefficient (Wildman–Crippen LogP) is 5.12. The fourth-order valence-electron chi connectivity index (χ4n) is 2.81. The van der Waals surface area contributed by atoms with Crippen LogP contribution in [0.4, 0.5) is 4.39 Å². The molecular weight excluding hydrogens is 367 g/mol. The molecule has 0 bridgehead atoms. The first-order valence-corrected chi connectivity index (χ1v) is 9.46. The van der Waals surface area contributed by atoms with Crippen molar-refractivity contribution in [3.8, 4) is 11.5 Å². The van der Waals surface area contributed by atoms with Crippen molar-refractivity contribution >= 4 is 12.0 Å². The number of pyridine rings is 1. The van der Waals surface area contributed by atoms with Gasteiger partial charge in [0.15, 0.2) is 11.6 Å². The molecule has 4 nitrogen and oxygen atoms in total. The van der Waals surface area contributed by atoms with Gasteiger partial charge in [-0.15, -0.1) is 0 Å². The SMILES string of the molecule is CN(CCCc1ccccc1)C(=O)/C=C/c1ccc(Oc2cccnc2)c(F)c1. The number of aryl methyl sites for hydroxylation is 1. The Kier molecular flexibility index (Phi) is 7.11. The third kappa shape index (κ3) is 6.28. The molecule has 148 valence electrons. The van der Waals surface area contributed by atoms with Crippen molar-refractivity contribution < 1.29 is 13.9 Å². The van der Waals surface area contributed by atoms with Crippen molar-refractivity contribution in [1.82, 2.24) is 9.88 Å². The lowest BCUT2D eigenvalue weighted by atomic mass is 10.1. The van der Waals surface area contributed by atoms with E-state index in [0.29, 0.717) is 17.9 Å². The summed E-state index contributed by atoms with van der Waals surface area (Å²) in [6, 6.07) is 18.2. The van der Waals surface area contributed by atoms with Crippen LogP contribution in [0.5, 0.6) is 11.5 Å². The number of nitrogens with zero attached hydrogens (tertiary/aromatic N) is 2. The van der Waals surface area contributed by atoms with E-state index in [1.165, 1.54) is 30.0 Å². The molecule has 5 heteroatoms. The van der Waals surface area contributed by atoms with Gasteiger partial charge < -0.3 is 9.64 Å². The number of rotatable bonds is 8. The highest BCUT2D eigenvalue weighted by Crippen LogP contribution is 2.24. The molecule has 3 aromatic rings. The normalized spacial score (nSPS) is 10.8. The van der Waals surface area contributed by atoms with Gasteiger partial charge in [-0.25, -0.2) is 4.39 Å². The van der Waals surface area contributed by atoms with Gasteiger partial charge >= 0.3 is 0 Å². The molecule has 3 rings (SSSR count). The summed E-state index contributed by atoms with van der Waals surface area (Å²) in [5, 5.41) is 0. The molecule has 0 N–H and O–H groups in total. The summed E-state index contributed by atoms with van der Waals surface area (Å²) in [5.74, 6) is -0.0460. The molecule has 0 saturated heterocycles. The van der Waals surface area contributed by atoms with Crippen LogP contribution in [0.3, 0.4) is 0 Å². The van der Waals surface area contributed by atoms with Gasteiger partial charge in [0.1, 0.15) is 5.75 Å². The Labute approximate surface area is 170 Å². The number of hydrogen-bond acceptors (Lipinski definition) is 3. The molecule has 29 heavy (non-hydrogen) atoms. The van der Waals surface area contributed by atoms with Crippen LogP contribution in [0.2, 0.25) is 0 Å². The van der Waals surface area contributed by atoms with Gasteiger partial charge in [0, 0.05) is 25.9 Å². The molecule has 2 aromatic carbocycles. The highest BCUT2D eigenvalue weighted by atomic mass is 19.1. The summed E-state index contributed by atoms with van der Waals surface area (Å²) in [7, 11) is 1.77. The zero-order valence-electron chi connectivity index (χ0n) is 16.3. The molecule has 0 aliphatic rings. The van der Waals surface area contributed by atoms with Gasteiger partial charge in [0.2, 0.25) is 5.91 Å². The Hall–Kier alpha value is -3.47. The molecule has 0 aliphatic carbocycles. The maximum absolute atomic E-state index is 14.3. The third-order valence-corrected chi connectivity index (χ3v) is 4.41. The lowest BCUT2D eigenvalue weighted by Gasteiger charge is -2.15. The smallest absolute Gasteiger partial charge is 0.246 e. The van der Waals surface area contributed by atoms with Crippen LogP contribution in [-0.4, -0.2) is 29.4 Å². The Morgan fingerprint density at radius 3 is 2.69 bits per heavy atom. The molecule has 0 aliphatic heterocycles. The maximum Gasteiger partial charge on any atom is 0.246 e. The average molecular weight is 390 g/mol. The zero-order valence-corrected chi connectivity index (χ0v) is 16.3. The number of ether oxygens (including phenoxy) is 1. The fraction of sp³-hybridized carbons (Fsp3) is 0.167. The van der Waals surface area contributed by atoms with Gasteiger partial charge in [-0.1, -0.05) is 36.4 Å². The van der Waals surface area contributed by atoms with E-state index < -0.39 is 5.82 Å². The maximum atomic E-state index is 14.3. The standard InChI is InChI=1S/C24H23FN2O2/c1-27(16-6-9-19-7-3-2-4-8-19)24(28)14-12-20-11-13-23(22(25)17-20)29-21-10-5-15-26-18-21/h2-5,7-8,10-15,17-18H,6,9,16H2,1H3/b14-12+. The van der Waals surface area contributed by atoms with Crippen molar-refractivity contribution in [3.05, 3.63) is 96.1 Å². The largest absolute Gasteiger partial charge is 0.453 e. The van der Waals surface area contributed by atoms with Gasteiger partial charge in [-0.2, -0.15) is 0 Å². The van der Waals surface area contributed by atoms with Crippen LogP contribution in [0, 0.1) is 5.82 Å². The highest BCUT2D eigenvalue weighted by Gasteiger charge is 2.07. The van der Waals surface area contributed by atoms with E-state index >= 15 is 0 Å². The predicted molar refractivity (Wildman–Crippen MR) is 112 cm³/mol. The Balaban J connectivity index is 1.51. The van der Waals surface area contributed by atoms with Gasteiger partial charge in [0.05, 0.1) is 6.20 Å².